The fourth-order valence-corrected chi connectivity index (χ4v) is 2.34. The lowest BCUT2D eigenvalue weighted by atomic mass is 9.85. The zero-order chi connectivity index (χ0) is 12.3. The van der Waals surface area contributed by atoms with Crippen LogP contribution in [0.4, 0.5) is 0 Å². The third kappa shape index (κ3) is 2.74. The molecule has 92 valence electrons. The molecule has 0 spiro atoms. The maximum Gasteiger partial charge on any atom is 0.309 e. The average Bonchev–Trinajstić information content (AvgIpc) is 2.50. The van der Waals surface area contributed by atoms with Crippen molar-refractivity contribution >= 4 is 11.9 Å². The number of hydrogen-bond donors (Lipinski definition) is 1. The molecule has 1 fully saturated rings. The van der Waals surface area contributed by atoms with E-state index in [4.69, 9.17) is 9.84 Å². The first-order valence-electron chi connectivity index (χ1n) is 5.87. The summed E-state index contributed by atoms with van der Waals surface area (Å²) in [5.41, 5.74) is -0.586. The molecule has 0 saturated carbocycles. The van der Waals surface area contributed by atoms with E-state index in [-0.39, 0.29) is 11.9 Å². The molecule has 4 heteroatoms. The Labute approximate surface area is 96.0 Å². The van der Waals surface area contributed by atoms with Gasteiger partial charge >= 0.3 is 11.9 Å². The van der Waals surface area contributed by atoms with Gasteiger partial charge in [0.25, 0.3) is 0 Å². The Kier molecular flexibility index (Phi) is 3.94. The number of carbonyl (C=O) groups excluding carboxylic acids is 1. The van der Waals surface area contributed by atoms with Gasteiger partial charge in [0.2, 0.25) is 0 Å². The Morgan fingerprint density at radius 1 is 1.62 bits per heavy atom. The Bertz CT molecular complexity index is 287. The van der Waals surface area contributed by atoms with Crippen LogP contribution in [-0.4, -0.2) is 22.6 Å². The van der Waals surface area contributed by atoms with Gasteiger partial charge in [0.15, 0.2) is 0 Å². The van der Waals surface area contributed by atoms with E-state index >= 15 is 0 Å². The van der Waals surface area contributed by atoms with E-state index in [1.165, 1.54) is 0 Å². The summed E-state index contributed by atoms with van der Waals surface area (Å²) in [4.78, 5) is 22.4. The van der Waals surface area contributed by atoms with Crippen molar-refractivity contribution in [2.45, 2.75) is 52.1 Å². The molecule has 0 aliphatic carbocycles. The van der Waals surface area contributed by atoms with E-state index < -0.39 is 17.5 Å². The van der Waals surface area contributed by atoms with Crippen molar-refractivity contribution in [2.75, 3.05) is 0 Å². The maximum atomic E-state index is 11.5. The fraction of sp³-hybridized carbons (Fsp3) is 0.833. The summed E-state index contributed by atoms with van der Waals surface area (Å²) in [7, 11) is 0. The zero-order valence-corrected chi connectivity index (χ0v) is 10.2. The maximum absolute atomic E-state index is 11.5. The second-order valence-electron chi connectivity index (χ2n) is 4.83. The van der Waals surface area contributed by atoms with Crippen molar-refractivity contribution in [2.24, 2.45) is 11.8 Å². The standard InChI is InChI=1S/C12H20O4/c1-4-8(10(13)14)6-12(3)7-9(5-2)11(15)16-12/h8-9H,4-7H2,1-3H3,(H,13,14)/t8-,9-,12+/m1/s1. The predicted molar refractivity (Wildman–Crippen MR) is 58.9 cm³/mol. The first-order valence-corrected chi connectivity index (χ1v) is 5.87. The molecule has 0 aromatic rings. The van der Waals surface area contributed by atoms with Crippen molar-refractivity contribution in [3.05, 3.63) is 0 Å². The van der Waals surface area contributed by atoms with Crippen LogP contribution in [0.2, 0.25) is 0 Å². The van der Waals surface area contributed by atoms with Gasteiger partial charge < -0.3 is 9.84 Å². The monoisotopic (exact) mass is 228 g/mol. The van der Waals surface area contributed by atoms with E-state index in [0.29, 0.717) is 19.3 Å². The van der Waals surface area contributed by atoms with Gasteiger partial charge in [-0.2, -0.15) is 0 Å². The number of hydrogen-bond acceptors (Lipinski definition) is 3. The minimum absolute atomic E-state index is 0.0590. The Hall–Kier alpha value is -1.06. The summed E-state index contributed by atoms with van der Waals surface area (Å²) in [6, 6.07) is 0. The summed E-state index contributed by atoms with van der Waals surface area (Å²) >= 11 is 0. The van der Waals surface area contributed by atoms with Crippen molar-refractivity contribution in [1.82, 2.24) is 0 Å². The van der Waals surface area contributed by atoms with Gasteiger partial charge in [0, 0.05) is 12.8 Å². The third-order valence-corrected chi connectivity index (χ3v) is 3.37. The molecule has 1 aliphatic rings. The highest BCUT2D eigenvalue weighted by Crippen LogP contribution is 2.37. The summed E-state index contributed by atoms with van der Waals surface area (Å²) in [5.74, 6) is -1.46. The van der Waals surface area contributed by atoms with Gasteiger partial charge in [-0.25, -0.2) is 0 Å². The Morgan fingerprint density at radius 2 is 2.25 bits per heavy atom. The topological polar surface area (TPSA) is 63.6 Å². The lowest BCUT2D eigenvalue weighted by Gasteiger charge is -2.25. The molecule has 4 nitrogen and oxygen atoms in total. The summed E-state index contributed by atoms with van der Waals surface area (Å²) in [6.07, 6.45) is 2.39. The van der Waals surface area contributed by atoms with E-state index in [2.05, 4.69) is 0 Å². The number of carboxylic acid groups (broad SMARTS) is 1. The molecule has 0 bridgehead atoms. The van der Waals surface area contributed by atoms with Crippen LogP contribution in [0.1, 0.15) is 46.5 Å². The van der Waals surface area contributed by atoms with Gasteiger partial charge in [-0.15, -0.1) is 0 Å². The fourth-order valence-electron chi connectivity index (χ4n) is 2.34. The minimum Gasteiger partial charge on any atom is -0.481 e. The molecule has 0 aromatic heterocycles. The largest absolute Gasteiger partial charge is 0.481 e. The Balaban J connectivity index is 2.66. The molecular weight excluding hydrogens is 208 g/mol. The number of esters is 1. The van der Waals surface area contributed by atoms with Crippen LogP contribution in [-0.2, 0) is 14.3 Å². The first kappa shape index (κ1) is 13.0. The quantitative estimate of drug-likeness (QED) is 0.733. The van der Waals surface area contributed by atoms with Crippen molar-refractivity contribution < 1.29 is 19.4 Å². The molecule has 1 rings (SSSR count). The van der Waals surface area contributed by atoms with Crippen LogP contribution < -0.4 is 0 Å². The summed E-state index contributed by atoms with van der Waals surface area (Å²) in [5, 5.41) is 9.00. The highest BCUT2D eigenvalue weighted by atomic mass is 16.6. The van der Waals surface area contributed by atoms with E-state index in [9.17, 15) is 9.59 Å². The van der Waals surface area contributed by atoms with E-state index in [1.807, 2.05) is 20.8 Å². The van der Waals surface area contributed by atoms with Crippen LogP contribution in [0.3, 0.4) is 0 Å². The van der Waals surface area contributed by atoms with Crippen LogP contribution >= 0.6 is 0 Å². The molecule has 1 N–H and O–H groups in total. The molecule has 1 aliphatic heterocycles. The van der Waals surface area contributed by atoms with Gasteiger partial charge in [-0.1, -0.05) is 13.8 Å². The lowest BCUT2D eigenvalue weighted by molar-refractivity contribution is -0.154. The molecule has 0 amide bonds. The molecule has 1 heterocycles. The van der Waals surface area contributed by atoms with Gasteiger partial charge in [0.1, 0.15) is 5.60 Å². The molecule has 1 saturated heterocycles. The van der Waals surface area contributed by atoms with Crippen LogP contribution in [0.15, 0.2) is 0 Å². The molecule has 0 aromatic carbocycles. The SMILES string of the molecule is CC[C@H](C[C@@]1(C)C[C@@H](CC)C(=O)O1)C(=O)O. The predicted octanol–water partition coefficient (Wildman–Crippen LogP) is 2.22. The molecule has 16 heavy (non-hydrogen) atoms. The normalized spacial score (nSPS) is 31.2. The second kappa shape index (κ2) is 4.85. The zero-order valence-electron chi connectivity index (χ0n) is 10.2. The van der Waals surface area contributed by atoms with E-state index in [0.717, 1.165) is 6.42 Å². The number of carboxylic acids is 1. The smallest absolute Gasteiger partial charge is 0.309 e. The van der Waals surface area contributed by atoms with Gasteiger partial charge in [-0.3, -0.25) is 9.59 Å². The minimum atomic E-state index is -0.806. The number of aliphatic carboxylic acids is 1. The van der Waals surface area contributed by atoms with Crippen LogP contribution in [0.25, 0.3) is 0 Å². The van der Waals surface area contributed by atoms with Gasteiger partial charge in [-0.05, 0) is 19.8 Å². The van der Waals surface area contributed by atoms with Crippen LogP contribution in [0, 0.1) is 11.8 Å². The second-order valence-corrected chi connectivity index (χ2v) is 4.83. The number of carbonyl (C=O) groups is 2. The van der Waals surface area contributed by atoms with Crippen LogP contribution in [0.5, 0.6) is 0 Å². The highest BCUT2D eigenvalue weighted by molar-refractivity contribution is 5.75. The number of rotatable bonds is 5. The molecule has 0 radical (unpaired) electrons. The molecule has 3 atom stereocenters. The molecular formula is C12H20O4. The molecule has 0 unspecified atom stereocenters. The van der Waals surface area contributed by atoms with Gasteiger partial charge in [0.05, 0.1) is 11.8 Å². The summed E-state index contributed by atoms with van der Waals surface area (Å²) < 4.78 is 5.33. The first-order chi connectivity index (χ1) is 7.41. The summed E-state index contributed by atoms with van der Waals surface area (Å²) in [6.45, 7) is 5.63. The third-order valence-electron chi connectivity index (χ3n) is 3.37. The Morgan fingerprint density at radius 3 is 2.62 bits per heavy atom. The average molecular weight is 228 g/mol. The van der Waals surface area contributed by atoms with Crippen molar-refractivity contribution in [3.63, 3.8) is 0 Å². The highest BCUT2D eigenvalue weighted by Gasteiger charge is 2.44. The number of ether oxygens (including phenoxy) is 1. The van der Waals surface area contributed by atoms with E-state index in [1.54, 1.807) is 0 Å². The lowest BCUT2D eigenvalue weighted by Crippen LogP contribution is -2.30. The van der Waals surface area contributed by atoms with Crippen molar-refractivity contribution in [1.29, 1.82) is 0 Å². The van der Waals surface area contributed by atoms with Crippen molar-refractivity contribution in [3.8, 4) is 0 Å². The number of cyclic esters (lactones) is 1.